The zero-order valence-electron chi connectivity index (χ0n) is 17.0. The van der Waals surface area contributed by atoms with Crippen molar-refractivity contribution in [3.05, 3.63) is 41.4 Å². The van der Waals surface area contributed by atoms with Gasteiger partial charge in [0.2, 0.25) is 0 Å². The fourth-order valence-corrected chi connectivity index (χ4v) is 4.69. The summed E-state index contributed by atoms with van der Waals surface area (Å²) in [5, 5.41) is 6.66. The van der Waals surface area contributed by atoms with E-state index in [0.717, 1.165) is 75.3 Å². The van der Waals surface area contributed by atoms with E-state index in [-0.39, 0.29) is 12.2 Å². The predicted octanol–water partition coefficient (Wildman–Crippen LogP) is 3.20. The SMILES string of the molecule is CCNC(=NCCc1csc(-c2ccccc2)n1)N1CCOC(C2CCCO2)C1. The maximum Gasteiger partial charge on any atom is 0.194 e. The Morgan fingerprint density at radius 2 is 2.10 bits per heavy atom. The number of hydrogen-bond donors (Lipinski definition) is 1. The number of morpholine rings is 1. The molecule has 0 bridgehead atoms. The number of guanidine groups is 1. The van der Waals surface area contributed by atoms with Crippen LogP contribution in [-0.2, 0) is 15.9 Å². The molecule has 0 radical (unpaired) electrons. The van der Waals surface area contributed by atoms with Crippen LogP contribution in [0.5, 0.6) is 0 Å². The number of aliphatic imine (C=N–C) groups is 1. The Morgan fingerprint density at radius 1 is 1.24 bits per heavy atom. The second-order valence-corrected chi connectivity index (χ2v) is 8.26. The van der Waals surface area contributed by atoms with Gasteiger partial charge in [-0.1, -0.05) is 30.3 Å². The fraction of sp³-hybridized carbons (Fsp3) is 0.545. The predicted molar refractivity (Wildman–Crippen MR) is 118 cm³/mol. The lowest BCUT2D eigenvalue weighted by molar-refractivity contribution is -0.0817. The number of benzene rings is 1. The minimum absolute atomic E-state index is 0.141. The molecule has 2 aliphatic rings. The van der Waals surface area contributed by atoms with Gasteiger partial charge in [-0.3, -0.25) is 4.99 Å². The molecule has 2 unspecified atom stereocenters. The van der Waals surface area contributed by atoms with Gasteiger partial charge in [0.05, 0.1) is 18.4 Å². The van der Waals surface area contributed by atoms with Gasteiger partial charge in [-0.25, -0.2) is 4.98 Å². The van der Waals surface area contributed by atoms with E-state index in [1.54, 1.807) is 11.3 Å². The highest BCUT2D eigenvalue weighted by molar-refractivity contribution is 7.13. The Hall–Kier alpha value is -1.96. The van der Waals surface area contributed by atoms with Crippen LogP contribution in [0.4, 0.5) is 0 Å². The van der Waals surface area contributed by atoms with Crippen LogP contribution < -0.4 is 5.32 Å². The van der Waals surface area contributed by atoms with Crippen molar-refractivity contribution in [2.45, 2.75) is 38.4 Å². The first-order chi connectivity index (χ1) is 14.3. The van der Waals surface area contributed by atoms with Gasteiger partial charge in [0.15, 0.2) is 5.96 Å². The Kier molecular flexibility index (Phi) is 7.14. The quantitative estimate of drug-likeness (QED) is 0.581. The molecule has 29 heavy (non-hydrogen) atoms. The van der Waals surface area contributed by atoms with Gasteiger partial charge in [-0.2, -0.15) is 0 Å². The molecule has 0 aliphatic carbocycles. The zero-order chi connectivity index (χ0) is 19.9. The van der Waals surface area contributed by atoms with Crippen LogP contribution in [-0.4, -0.2) is 67.4 Å². The number of nitrogens with one attached hydrogen (secondary N) is 1. The fourth-order valence-electron chi connectivity index (χ4n) is 3.83. The molecule has 2 aliphatic heterocycles. The summed E-state index contributed by atoms with van der Waals surface area (Å²) in [5.74, 6) is 0.970. The lowest BCUT2D eigenvalue weighted by Gasteiger charge is -2.37. The van der Waals surface area contributed by atoms with Gasteiger partial charge in [0.25, 0.3) is 0 Å². The summed E-state index contributed by atoms with van der Waals surface area (Å²) in [7, 11) is 0. The molecule has 2 aromatic rings. The van der Waals surface area contributed by atoms with Crippen LogP contribution in [0.2, 0.25) is 0 Å². The number of ether oxygens (including phenoxy) is 2. The molecule has 3 heterocycles. The van der Waals surface area contributed by atoms with E-state index in [2.05, 4.69) is 46.8 Å². The third-order valence-corrected chi connectivity index (χ3v) is 6.25. The Balaban J connectivity index is 1.35. The van der Waals surface area contributed by atoms with E-state index < -0.39 is 0 Å². The van der Waals surface area contributed by atoms with Crippen molar-refractivity contribution in [3.63, 3.8) is 0 Å². The van der Waals surface area contributed by atoms with Crippen molar-refractivity contribution in [2.24, 2.45) is 4.99 Å². The molecular formula is C22H30N4O2S. The lowest BCUT2D eigenvalue weighted by atomic mass is 10.1. The number of aromatic nitrogens is 1. The standard InChI is InChI=1S/C22H30N4O2S/c1-2-23-22(26-12-14-28-20(15-26)19-9-6-13-27-19)24-11-10-18-16-29-21(25-18)17-7-4-3-5-8-17/h3-5,7-8,16,19-20H,2,6,9-15H2,1H3,(H,23,24). The molecule has 2 saturated heterocycles. The topological polar surface area (TPSA) is 59.0 Å². The lowest BCUT2D eigenvalue weighted by Crippen LogP contribution is -2.53. The first-order valence-electron chi connectivity index (χ1n) is 10.6. The van der Waals surface area contributed by atoms with Crippen LogP contribution >= 0.6 is 11.3 Å². The molecule has 2 atom stereocenters. The van der Waals surface area contributed by atoms with Crippen LogP contribution in [0.15, 0.2) is 40.7 Å². The Bertz CT molecular complexity index is 789. The van der Waals surface area contributed by atoms with Crippen molar-refractivity contribution in [2.75, 3.05) is 39.4 Å². The van der Waals surface area contributed by atoms with Crippen molar-refractivity contribution < 1.29 is 9.47 Å². The van der Waals surface area contributed by atoms with Crippen LogP contribution in [0.3, 0.4) is 0 Å². The Morgan fingerprint density at radius 3 is 2.90 bits per heavy atom. The largest absolute Gasteiger partial charge is 0.375 e. The van der Waals surface area contributed by atoms with Gasteiger partial charge >= 0.3 is 0 Å². The van der Waals surface area contributed by atoms with E-state index in [1.807, 2.05) is 6.07 Å². The molecule has 7 heteroatoms. The van der Waals surface area contributed by atoms with Crippen LogP contribution in [0.1, 0.15) is 25.5 Å². The van der Waals surface area contributed by atoms with E-state index in [4.69, 9.17) is 19.5 Å². The number of thiazole rings is 1. The first-order valence-corrected chi connectivity index (χ1v) is 11.5. The van der Waals surface area contributed by atoms with Gasteiger partial charge in [0, 0.05) is 50.2 Å². The monoisotopic (exact) mass is 414 g/mol. The molecule has 156 valence electrons. The van der Waals surface area contributed by atoms with Gasteiger partial charge in [-0.15, -0.1) is 11.3 Å². The molecule has 6 nitrogen and oxygen atoms in total. The van der Waals surface area contributed by atoms with E-state index in [1.165, 1.54) is 5.56 Å². The molecule has 1 aromatic carbocycles. The van der Waals surface area contributed by atoms with Crippen molar-refractivity contribution in [3.8, 4) is 10.6 Å². The summed E-state index contributed by atoms with van der Waals surface area (Å²) < 4.78 is 11.8. The first kappa shape index (κ1) is 20.3. The van der Waals surface area contributed by atoms with Crippen LogP contribution in [0, 0.1) is 0 Å². The number of hydrogen-bond acceptors (Lipinski definition) is 5. The third-order valence-electron chi connectivity index (χ3n) is 5.31. The molecule has 0 spiro atoms. The van der Waals surface area contributed by atoms with E-state index in [0.29, 0.717) is 0 Å². The van der Waals surface area contributed by atoms with E-state index >= 15 is 0 Å². The van der Waals surface area contributed by atoms with Crippen molar-refractivity contribution in [1.82, 2.24) is 15.2 Å². The highest BCUT2D eigenvalue weighted by Gasteiger charge is 2.32. The molecule has 1 N–H and O–H groups in total. The second kappa shape index (κ2) is 10.2. The highest BCUT2D eigenvalue weighted by atomic mass is 32.1. The summed E-state index contributed by atoms with van der Waals surface area (Å²) >= 11 is 1.70. The maximum absolute atomic E-state index is 5.98. The van der Waals surface area contributed by atoms with Crippen LogP contribution in [0.25, 0.3) is 10.6 Å². The molecule has 0 saturated carbocycles. The molecule has 0 amide bonds. The number of nitrogens with zero attached hydrogens (tertiary/aromatic N) is 3. The Labute approximate surface area is 177 Å². The van der Waals surface area contributed by atoms with Gasteiger partial charge in [-0.05, 0) is 19.8 Å². The third kappa shape index (κ3) is 5.35. The zero-order valence-corrected chi connectivity index (χ0v) is 17.9. The van der Waals surface area contributed by atoms with Crippen molar-refractivity contribution in [1.29, 1.82) is 0 Å². The highest BCUT2D eigenvalue weighted by Crippen LogP contribution is 2.24. The average molecular weight is 415 g/mol. The molecule has 2 fully saturated rings. The summed E-state index contributed by atoms with van der Waals surface area (Å²) in [6.45, 7) is 6.98. The van der Waals surface area contributed by atoms with Gasteiger partial charge < -0.3 is 19.7 Å². The second-order valence-electron chi connectivity index (χ2n) is 7.40. The molecule has 1 aromatic heterocycles. The van der Waals surface area contributed by atoms with Crippen molar-refractivity contribution >= 4 is 17.3 Å². The average Bonchev–Trinajstić information content (AvgIpc) is 3.46. The summed E-state index contributed by atoms with van der Waals surface area (Å²) in [4.78, 5) is 12.0. The normalized spacial score (nSPS) is 22.8. The smallest absolute Gasteiger partial charge is 0.194 e. The van der Waals surface area contributed by atoms with Gasteiger partial charge in [0.1, 0.15) is 11.1 Å². The number of rotatable bonds is 6. The minimum atomic E-state index is 0.141. The molecular weight excluding hydrogens is 384 g/mol. The summed E-state index contributed by atoms with van der Waals surface area (Å²) in [6, 6.07) is 10.3. The van der Waals surface area contributed by atoms with E-state index in [9.17, 15) is 0 Å². The maximum atomic E-state index is 5.98. The summed E-state index contributed by atoms with van der Waals surface area (Å²) in [6.07, 6.45) is 3.45. The molecule has 4 rings (SSSR count). The minimum Gasteiger partial charge on any atom is -0.375 e. The summed E-state index contributed by atoms with van der Waals surface area (Å²) in [5.41, 5.74) is 2.28.